The van der Waals surface area contributed by atoms with Crippen molar-refractivity contribution in [2.45, 2.75) is 32.1 Å². The number of pyridine rings is 1. The summed E-state index contributed by atoms with van der Waals surface area (Å²) in [4.78, 5) is 26.8. The van der Waals surface area contributed by atoms with Crippen molar-refractivity contribution in [3.63, 3.8) is 0 Å². The van der Waals surface area contributed by atoms with E-state index in [9.17, 15) is 9.59 Å². The maximum absolute atomic E-state index is 12.2. The molecule has 0 radical (unpaired) electrons. The minimum atomic E-state index is -0.924. The van der Waals surface area contributed by atoms with Crippen molar-refractivity contribution in [3.8, 4) is 0 Å². The smallest absolute Gasteiger partial charge is 0.252 e. The molecule has 0 fully saturated rings. The van der Waals surface area contributed by atoms with Gasteiger partial charge in [-0.25, -0.2) is 0 Å². The van der Waals surface area contributed by atoms with E-state index >= 15 is 0 Å². The fourth-order valence-electron chi connectivity index (χ4n) is 2.45. The quantitative estimate of drug-likeness (QED) is 0.880. The summed E-state index contributed by atoms with van der Waals surface area (Å²) in [5.74, 6) is -0.463. The third kappa shape index (κ3) is 2.26. The van der Waals surface area contributed by atoms with Gasteiger partial charge in [0.15, 0.2) is 0 Å². The second-order valence-electron chi connectivity index (χ2n) is 5.05. The summed E-state index contributed by atoms with van der Waals surface area (Å²) < 4.78 is 0. The first-order chi connectivity index (χ1) is 8.99. The Kier molecular flexibility index (Phi) is 3.42. The van der Waals surface area contributed by atoms with E-state index in [0.717, 1.165) is 17.3 Å². The summed E-state index contributed by atoms with van der Waals surface area (Å²) in [6, 6.07) is 9.27. The number of nitrogens with two attached hydrogens (primary N) is 1. The number of hydrogen-bond donors (Lipinski definition) is 2. The Balaban J connectivity index is 2.70. The maximum Gasteiger partial charge on any atom is 0.252 e. The Bertz CT molecular complexity index is 675. The highest BCUT2D eigenvalue weighted by Crippen LogP contribution is 2.27. The van der Waals surface area contributed by atoms with E-state index in [1.54, 1.807) is 13.0 Å². The van der Waals surface area contributed by atoms with Crippen LogP contribution < -0.4 is 11.3 Å². The van der Waals surface area contributed by atoms with Gasteiger partial charge in [-0.2, -0.15) is 0 Å². The van der Waals surface area contributed by atoms with Gasteiger partial charge in [-0.05, 0) is 30.9 Å². The molecule has 1 unspecified atom stereocenters. The summed E-state index contributed by atoms with van der Waals surface area (Å²) in [5, 5.41) is 0.903. The molecule has 0 spiro atoms. The molecule has 1 aromatic heterocycles. The van der Waals surface area contributed by atoms with Crippen molar-refractivity contribution in [1.29, 1.82) is 0 Å². The number of para-hydroxylation sites is 1. The molecular weight excluding hydrogens is 240 g/mol. The van der Waals surface area contributed by atoms with Crippen LogP contribution in [0.15, 0.2) is 35.1 Å². The van der Waals surface area contributed by atoms with Gasteiger partial charge in [0.1, 0.15) is 0 Å². The van der Waals surface area contributed by atoms with Crippen LogP contribution in [0.2, 0.25) is 0 Å². The lowest BCUT2D eigenvalue weighted by Gasteiger charge is -2.25. The van der Waals surface area contributed by atoms with Crippen LogP contribution in [0, 0.1) is 0 Å². The standard InChI is InChI=1S/C15H18N2O2/c1-3-8-15(2,14(16)19)11-9-10-6-4-5-7-12(10)17-13(11)18/h4-7,9H,3,8H2,1-2H3,(H2,16,19)(H,17,18). The largest absolute Gasteiger partial charge is 0.369 e. The van der Waals surface area contributed by atoms with Gasteiger partial charge < -0.3 is 10.7 Å². The number of aromatic nitrogens is 1. The molecule has 3 N–H and O–H groups in total. The van der Waals surface area contributed by atoms with Crippen molar-refractivity contribution >= 4 is 16.8 Å². The highest BCUT2D eigenvalue weighted by Gasteiger charge is 2.34. The zero-order valence-electron chi connectivity index (χ0n) is 11.2. The maximum atomic E-state index is 12.2. The number of amides is 1. The van der Waals surface area contributed by atoms with Crippen molar-refractivity contribution in [2.24, 2.45) is 5.73 Å². The fraction of sp³-hybridized carbons (Fsp3) is 0.333. The molecule has 19 heavy (non-hydrogen) atoms. The predicted molar refractivity (Wildman–Crippen MR) is 76.0 cm³/mol. The van der Waals surface area contributed by atoms with Crippen molar-refractivity contribution in [2.75, 3.05) is 0 Å². The van der Waals surface area contributed by atoms with E-state index in [1.807, 2.05) is 31.2 Å². The summed E-state index contributed by atoms with van der Waals surface area (Å²) in [5.41, 5.74) is 5.55. The molecule has 0 saturated heterocycles. The Hall–Kier alpha value is -2.10. The van der Waals surface area contributed by atoms with Gasteiger partial charge in [-0.15, -0.1) is 0 Å². The number of fused-ring (bicyclic) bond motifs is 1. The first-order valence-corrected chi connectivity index (χ1v) is 6.41. The van der Waals surface area contributed by atoms with Gasteiger partial charge in [-0.3, -0.25) is 9.59 Å². The Morgan fingerprint density at radius 1 is 1.37 bits per heavy atom. The molecule has 0 aliphatic rings. The number of benzene rings is 1. The molecule has 0 bridgehead atoms. The van der Waals surface area contributed by atoms with Gasteiger partial charge in [0.05, 0.1) is 5.41 Å². The lowest BCUT2D eigenvalue weighted by molar-refractivity contribution is -0.123. The van der Waals surface area contributed by atoms with E-state index in [1.165, 1.54) is 0 Å². The molecule has 2 aromatic rings. The molecule has 1 atom stereocenters. The first-order valence-electron chi connectivity index (χ1n) is 6.41. The minimum Gasteiger partial charge on any atom is -0.369 e. The number of aromatic amines is 1. The second-order valence-corrected chi connectivity index (χ2v) is 5.05. The summed E-state index contributed by atoms with van der Waals surface area (Å²) in [7, 11) is 0. The van der Waals surface area contributed by atoms with Crippen LogP contribution in [0.25, 0.3) is 10.9 Å². The molecule has 100 valence electrons. The molecule has 1 aromatic carbocycles. The highest BCUT2D eigenvalue weighted by atomic mass is 16.1. The molecule has 0 saturated carbocycles. The van der Waals surface area contributed by atoms with E-state index < -0.39 is 11.3 Å². The van der Waals surface area contributed by atoms with Crippen LogP contribution >= 0.6 is 0 Å². The van der Waals surface area contributed by atoms with Crippen molar-refractivity contribution in [3.05, 3.63) is 46.2 Å². The molecule has 0 aliphatic heterocycles. The summed E-state index contributed by atoms with van der Waals surface area (Å²) >= 11 is 0. The first kappa shape index (κ1) is 13.3. The molecule has 1 amide bonds. The number of nitrogens with one attached hydrogen (secondary N) is 1. The molecule has 1 heterocycles. The van der Waals surface area contributed by atoms with E-state index in [0.29, 0.717) is 12.0 Å². The molecule has 0 aliphatic carbocycles. The topological polar surface area (TPSA) is 76.0 Å². The van der Waals surface area contributed by atoms with Crippen LogP contribution in [-0.4, -0.2) is 10.9 Å². The normalized spacial score (nSPS) is 14.2. The Morgan fingerprint density at radius 3 is 2.68 bits per heavy atom. The van der Waals surface area contributed by atoms with Crippen LogP contribution in [0.4, 0.5) is 0 Å². The van der Waals surface area contributed by atoms with Gasteiger partial charge in [0.25, 0.3) is 5.56 Å². The number of hydrogen-bond acceptors (Lipinski definition) is 2. The molecule has 4 heteroatoms. The third-order valence-corrected chi connectivity index (χ3v) is 3.64. The monoisotopic (exact) mass is 258 g/mol. The summed E-state index contributed by atoms with van der Waals surface area (Å²) in [6.07, 6.45) is 1.34. The highest BCUT2D eigenvalue weighted by molar-refractivity contribution is 5.88. The average molecular weight is 258 g/mol. The zero-order chi connectivity index (χ0) is 14.0. The van der Waals surface area contributed by atoms with Gasteiger partial charge in [0, 0.05) is 11.1 Å². The predicted octanol–water partition coefficient (Wildman–Crippen LogP) is 2.07. The van der Waals surface area contributed by atoms with E-state index in [4.69, 9.17) is 5.73 Å². The fourth-order valence-corrected chi connectivity index (χ4v) is 2.45. The average Bonchev–Trinajstić information content (AvgIpc) is 2.37. The zero-order valence-corrected chi connectivity index (χ0v) is 11.2. The van der Waals surface area contributed by atoms with Gasteiger partial charge >= 0.3 is 0 Å². The van der Waals surface area contributed by atoms with Gasteiger partial charge in [-0.1, -0.05) is 31.5 Å². The number of carbonyl (C=O) groups is 1. The van der Waals surface area contributed by atoms with Crippen LogP contribution in [-0.2, 0) is 10.2 Å². The molecule has 4 nitrogen and oxygen atoms in total. The number of rotatable bonds is 4. The van der Waals surface area contributed by atoms with E-state index in [2.05, 4.69) is 4.98 Å². The second kappa shape index (κ2) is 4.88. The lowest BCUT2D eigenvalue weighted by atomic mass is 9.78. The van der Waals surface area contributed by atoms with Crippen LogP contribution in [0.5, 0.6) is 0 Å². The lowest BCUT2D eigenvalue weighted by Crippen LogP contribution is -2.42. The van der Waals surface area contributed by atoms with Crippen LogP contribution in [0.1, 0.15) is 32.3 Å². The number of primary amides is 1. The minimum absolute atomic E-state index is 0.242. The van der Waals surface area contributed by atoms with Crippen molar-refractivity contribution < 1.29 is 4.79 Å². The Labute approximate surface area is 111 Å². The van der Waals surface area contributed by atoms with E-state index in [-0.39, 0.29) is 5.56 Å². The molecular formula is C15H18N2O2. The number of carbonyl (C=O) groups excluding carboxylic acids is 1. The SMILES string of the molecule is CCCC(C)(C(N)=O)c1cc2ccccc2[nH]c1=O. The summed E-state index contributed by atoms with van der Waals surface area (Å²) in [6.45, 7) is 3.70. The third-order valence-electron chi connectivity index (χ3n) is 3.64. The van der Waals surface area contributed by atoms with Crippen molar-refractivity contribution in [1.82, 2.24) is 4.98 Å². The molecule has 2 rings (SSSR count). The Morgan fingerprint density at radius 2 is 2.05 bits per heavy atom. The number of H-pyrrole nitrogens is 1. The van der Waals surface area contributed by atoms with Crippen LogP contribution in [0.3, 0.4) is 0 Å². The van der Waals surface area contributed by atoms with Gasteiger partial charge in [0.2, 0.25) is 5.91 Å².